The lowest BCUT2D eigenvalue weighted by atomic mass is 10.1. The number of morpholine rings is 1. The molecule has 1 fully saturated rings. The van der Waals surface area contributed by atoms with Gasteiger partial charge in [0, 0.05) is 24.7 Å². The van der Waals surface area contributed by atoms with Gasteiger partial charge in [-0.2, -0.15) is 0 Å². The minimum atomic E-state index is -0.597. The molecule has 0 N–H and O–H groups in total. The number of carbonyl (C=O) groups excluding carboxylic acids is 1. The van der Waals surface area contributed by atoms with Gasteiger partial charge in [0.15, 0.2) is 11.5 Å². The Balaban J connectivity index is 1.85. The van der Waals surface area contributed by atoms with Crippen molar-refractivity contribution in [2.75, 3.05) is 38.3 Å². The Morgan fingerprint density at radius 1 is 1.32 bits per heavy atom. The monoisotopic (exact) mass is 306 g/mol. The highest BCUT2D eigenvalue weighted by Gasteiger charge is 2.18. The maximum absolute atomic E-state index is 14.3. The van der Waals surface area contributed by atoms with Gasteiger partial charge in [0.25, 0.3) is 0 Å². The Morgan fingerprint density at radius 2 is 2.09 bits per heavy atom. The maximum Gasteiger partial charge on any atom is 0.360 e. The molecular formula is C15H15FN2O4. The van der Waals surface area contributed by atoms with E-state index in [2.05, 4.69) is 9.89 Å². The summed E-state index contributed by atoms with van der Waals surface area (Å²) in [7, 11) is 1.26. The molecule has 0 atom stereocenters. The van der Waals surface area contributed by atoms with Gasteiger partial charge in [0.1, 0.15) is 5.82 Å². The molecule has 0 radical (unpaired) electrons. The second-order valence-electron chi connectivity index (χ2n) is 4.83. The van der Waals surface area contributed by atoms with Gasteiger partial charge in [-0.25, -0.2) is 9.18 Å². The molecule has 0 saturated carbocycles. The zero-order valence-corrected chi connectivity index (χ0v) is 12.0. The lowest BCUT2D eigenvalue weighted by Crippen LogP contribution is -2.36. The fraction of sp³-hybridized carbons (Fsp3) is 0.333. The number of halogens is 1. The maximum atomic E-state index is 14.3. The summed E-state index contributed by atoms with van der Waals surface area (Å²) in [5, 5.41) is 3.61. The lowest BCUT2D eigenvalue weighted by molar-refractivity contribution is 0.0589. The van der Waals surface area contributed by atoms with Crippen molar-refractivity contribution < 1.29 is 23.2 Å². The zero-order chi connectivity index (χ0) is 15.5. The van der Waals surface area contributed by atoms with Gasteiger partial charge < -0.3 is 18.9 Å². The van der Waals surface area contributed by atoms with Crippen molar-refractivity contribution in [1.82, 2.24) is 5.16 Å². The highest BCUT2D eigenvalue weighted by atomic mass is 19.1. The first kappa shape index (κ1) is 14.5. The van der Waals surface area contributed by atoms with Crippen molar-refractivity contribution in [2.45, 2.75) is 0 Å². The second-order valence-corrected chi connectivity index (χ2v) is 4.83. The van der Waals surface area contributed by atoms with Crippen LogP contribution in [0.2, 0.25) is 0 Å². The molecule has 1 aliphatic heterocycles. The van der Waals surface area contributed by atoms with E-state index < -0.39 is 5.97 Å². The standard InChI is InChI=1S/C15H15FN2O4/c1-20-15(19)12-9-14(22-17-12)10-2-3-13(11(16)8-10)18-4-6-21-7-5-18/h2-3,8-9H,4-7H2,1H3. The number of anilines is 1. The first-order valence-corrected chi connectivity index (χ1v) is 6.86. The summed E-state index contributed by atoms with van der Waals surface area (Å²) in [6, 6.07) is 6.22. The fourth-order valence-corrected chi connectivity index (χ4v) is 2.33. The molecule has 0 amide bonds. The second kappa shape index (κ2) is 6.15. The van der Waals surface area contributed by atoms with Gasteiger partial charge in [-0.15, -0.1) is 0 Å². The molecule has 0 bridgehead atoms. The van der Waals surface area contributed by atoms with Crippen molar-refractivity contribution in [1.29, 1.82) is 0 Å². The number of nitrogens with zero attached hydrogens (tertiary/aromatic N) is 2. The first-order valence-electron chi connectivity index (χ1n) is 6.86. The van der Waals surface area contributed by atoms with Crippen LogP contribution >= 0.6 is 0 Å². The Hall–Kier alpha value is -2.41. The molecule has 1 saturated heterocycles. The summed E-state index contributed by atoms with van der Waals surface area (Å²) >= 11 is 0. The van der Waals surface area contributed by atoms with E-state index in [1.165, 1.54) is 19.2 Å². The third-order valence-corrected chi connectivity index (χ3v) is 3.49. The number of rotatable bonds is 3. The number of ether oxygens (including phenoxy) is 2. The summed E-state index contributed by atoms with van der Waals surface area (Å²) in [6.45, 7) is 2.49. The van der Waals surface area contributed by atoms with Crippen molar-refractivity contribution in [2.24, 2.45) is 0 Å². The van der Waals surface area contributed by atoms with Crippen LogP contribution in [0.25, 0.3) is 11.3 Å². The van der Waals surface area contributed by atoms with Crippen LogP contribution in [0.4, 0.5) is 10.1 Å². The molecule has 0 spiro atoms. The molecule has 2 aromatic rings. The first-order chi connectivity index (χ1) is 10.7. The van der Waals surface area contributed by atoms with E-state index in [1.807, 2.05) is 4.90 Å². The summed E-state index contributed by atoms with van der Waals surface area (Å²) in [6.07, 6.45) is 0. The van der Waals surface area contributed by atoms with Crippen molar-refractivity contribution in [3.05, 3.63) is 35.8 Å². The number of carbonyl (C=O) groups is 1. The van der Waals surface area contributed by atoms with Crippen LogP contribution in [0.5, 0.6) is 0 Å². The number of methoxy groups -OCH3 is 1. The predicted molar refractivity (Wildman–Crippen MR) is 76.3 cm³/mol. The highest BCUT2D eigenvalue weighted by molar-refractivity contribution is 5.88. The normalized spacial score (nSPS) is 14.9. The number of hydrogen-bond donors (Lipinski definition) is 0. The molecular weight excluding hydrogens is 291 g/mol. The Morgan fingerprint density at radius 3 is 2.77 bits per heavy atom. The fourth-order valence-electron chi connectivity index (χ4n) is 2.33. The summed E-state index contributed by atoms with van der Waals surface area (Å²) in [5.74, 6) is -0.636. The molecule has 3 rings (SSSR count). The average molecular weight is 306 g/mol. The van der Waals surface area contributed by atoms with E-state index in [-0.39, 0.29) is 11.5 Å². The summed E-state index contributed by atoms with van der Waals surface area (Å²) in [5.41, 5.74) is 1.09. The van der Waals surface area contributed by atoms with Crippen molar-refractivity contribution in [3.8, 4) is 11.3 Å². The van der Waals surface area contributed by atoms with Crippen LogP contribution in [0.3, 0.4) is 0 Å². The molecule has 0 unspecified atom stereocenters. The molecule has 22 heavy (non-hydrogen) atoms. The van der Waals surface area contributed by atoms with Crippen molar-refractivity contribution in [3.63, 3.8) is 0 Å². The summed E-state index contributed by atoms with van der Waals surface area (Å²) in [4.78, 5) is 13.3. The van der Waals surface area contributed by atoms with Gasteiger partial charge in [-0.05, 0) is 18.2 Å². The van der Waals surface area contributed by atoms with Crippen LogP contribution in [0, 0.1) is 5.82 Å². The molecule has 1 aromatic heterocycles. The van der Waals surface area contributed by atoms with Crippen LogP contribution in [0.15, 0.2) is 28.8 Å². The van der Waals surface area contributed by atoms with E-state index >= 15 is 0 Å². The van der Waals surface area contributed by atoms with Gasteiger partial charge in [0.2, 0.25) is 0 Å². The Labute approximate surface area is 126 Å². The Bertz CT molecular complexity index is 680. The average Bonchev–Trinajstić information content (AvgIpc) is 3.05. The molecule has 6 nitrogen and oxygen atoms in total. The van der Waals surface area contributed by atoms with E-state index in [0.717, 1.165) is 0 Å². The lowest BCUT2D eigenvalue weighted by Gasteiger charge is -2.29. The van der Waals surface area contributed by atoms with E-state index in [0.29, 0.717) is 43.3 Å². The van der Waals surface area contributed by atoms with E-state index in [1.54, 1.807) is 12.1 Å². The van der Waals surface area contributed by atoms with Gasteiger partial charge in [-0.1, -0.05) is 5.16 Å². The van der Waals surface area contributed by atoms with E-state index in [9.17, 15) is 9.18 Å². The number of esters is 1. The SMILES string of the molecule is COC(=O)c1cc(-c2ccc(N3CCOCC3)c(F)c2)on1. The Kier molecular flexibility index (Phi) is 4.06. The quantitative estimate of drug-likeness (QED) is 0.809. The minimum absolute atomic E-state index is 0.0511. The zero-order valence-electron chi connectivity index (χ0n) is 12.0. The van der Waals surface area contributed by atoms with Crippen LogP contribution in [-0.4, -0.2) is 44.5 Å². The smallest absolute Gasteiger partial charge is 0.360 e. The van der Waals surface area contributed by atoms with Gasteiger partial charge in [-0.3, -0.25) is 0 Å². The molecule has 1 aliphatic rings. The topological polar surface area (TPSA) is 64.8 Å². The highest BCUT2D eigenvalue weighted by Crippen LogP contribution is 2.27. The minimum Gasteiger partial charge on any atom is -0.464 e. The van der Waals surface area contributed by atoms with Crippen LogP contribution in [-0.2, 0) is 9.47 Å². The number of hydrogen-bond acceptors (Lipinski definition) is 6. The number of benzene rings is 1. The molecule has 7 heteroatoms. The molecule has 1 aromatic carbocycles. The van der Waals surface area contributed by atoms with Gasteiger partial charge in [0.05, 0.1) is 26.0 Å². The van der Waals surface area contributed by atoms with Crippen molar-refractivity contribution >= 4 is 11.7 Å². The largest absolute Gasteiger partial charge is 0.464 e. The third kappa shape index (κ3) is 2.80. The third-order valence-electron chi connectivity index (χ3n) is 3.49. The van der Waals surface area contributed by atoms with E-state index in [4.69, 9.17) is 9.26 Å². The van der Waals surface area contributed by atoms with Gasteiger partial charge >= 0.3 is 5.97 Å². The predicted octanol–water partition coefficient (Wildman–Crippen LogP) is 2.10. The molecule has 116 valence electrons. The number of aromatic nitrogens is 1. The van der Waals surface area contributed by atoms with Crippen LogP contribution < -0.4 is 4.90 Å². The van der Waals surface area contributed by atoms with Crippen LogP contribution in [0.1, 0.15) is 10.5 Å². The molecule has 0 aliphatic carbocycles. The molecule has 2 heterocycles. The summed E-state index contributed by atoms with van der Waals surface area (Å²) < 4.78 is 29.2.